The van der Waals surface area contributed by atoms with Crippen molar-refractivity contribution in [3.05, 3.63) is 70.4 Å². The maximum atomic E-state index is 12.5. The number of carbonyl (C=O) groups excluding carboxylic acids is 2. The molecule has 1 heterocycles. The number of ether oxygens (including phenoxy) is 1. The van der Waals surface area contributed by atoms with E-state index in [0.717, 1.165) is 11.1 Å². The number of aromatic hydroxyl groups is 1. The quantitative estimate of drug-likeness (QED) is 0.386. The summed E-state index contributed by atoms with van der Waals surface area (Å²) in [6.45, 7) is 3.88. The number of fused-ring (bicyclic) bond motifs is 1. The number of rotatable bonds is 5. The van der Waals surface area contributed by atoms with Crippen molar-refractivity contribution < 1.29 is 19.4 Å². The number of Topliss-reactive ketones (excluding diaryl/α,β-unsaturated/α-hetero) is 1. The average Bonchev–Trinajstić information content (AvgIpc) is 2.76. The Kier molecular flexibility index (Phi) is 6.64. The van der Waals surface area contributed by atoms with Crippen LogP contribution in [-0.2, 0) is 9.53 Å². The van der Waals surface area contributed by atoms with Crippen LogP contribution in [0, 0.1) is 30.1 Å². The molecule has 1 aromatic heterocycles. The lowest BCUT2D eigenvalue weighted by Gasteiger charge is -2.08. The third-order valence-electron chi connectivity index (χ3n) is 4.57. The van der Waals surface area contributed by atoms with E-state index in [1.54, 1.807) is 25.1 Å². The summed E-state index contributed by atoms with van der Waals surface area (Å²) in [5, 5.41) is 20.3. The lowest BCUT2D eigenvalue weighted by Crippen LogP contribution is -2.10. The first-order chi connectivity index (χ1) is 14.9. The van der Waals surface area contributed by atoms with Crippen LogP contribution in [0.2, 0.25) is 0 Å². The standard InChI is InChI=1S/C25H20N2O4/c1-3-31-23(29)12-11-22(28)24-25(30)20(15-26)19-10-9-18(14-21(19)27-24)8-7-17-6-4-5-16(2)13-17/h4-6,9-10,13-14,30H,3,11-12H2,1-2H3. The highest BCUT2D eigenvalue weighted by Gasteiger charge is 2.21. The molecule has 0 aliphatic heterocycles. The van der Waals surface area contributed by atoms with E-state index in [0.29, 0.717) is 16.5 Å². The number of esters is 1. The minimum Gasteiger partial charge on any atom is -0.504 e. The Morgan fingerprint density at radius 3 is 2.52 bits per heavy atom. The Morgan fingerprint density at radius 2 is 1.84 bits per heavy atom. The van der Waals surface area contributed by atoms with Crippen LogP contribution in [-0.4, -0.2) is 28.4 Å². The first-order valence-electron chi connectivity index (χ1n) is 9.77. The third-order valence-corrected chi connectivity index (χ3v) is 4.57. The number of nitrogens with zero attached hydrogens (tertiary/aromatic N) is 2. The number of ketones is 1. The summed E-state index contributed by atoms with van der Waals surface area (Å²) in [4.78, 5) is 28.3. The topological polar surface area (TPSA) is 100 Å². The molecule has 0 fully saturated rings. The van der Waals surface area contributed by atoms with Crippen LogP contribution in [0.5, 0.6) is 5.75 Å². The largest absolute Gasteiger partial charge is 0.504 e. The van der Waals surface area contributed by atoms with E-state index in [1.165, 1.54) is 0 Å². The van der Waals surface area contributed by atoms with Gasteiger partial charge in [-0.15, -0.1) is 0 Å². The molecule has 6 nitrogen and oxygen atoms in total. The fraction of sp³-hybridized carbons (Fsp3) is 0.200. The number of benzene rings is 2. The molecule has 0 amide bonds. The van der Waals surface area contributed by atoms with Gasteiger partial charge in [0.1, 0.15) is 17.3 Å². The molecule has 31 heavy (non-hydrogen) atoms. The zero-order chi connectivity index (χ0) is 22.4. The highest BCUT2D eigenvalue weighted by molar-refractivity contribution is 6.02. The molecule has 0 spiro atoms. The molecule has 0 radical (unpaired) electrons. The lowest BCUT2D eigenvalue weighted by atomic mass is 10.0. The van der Waals surface area contributed by atoms with Crippen molar-refractivity contribution >= 4 is 22.7 Å². The van der Waals surface area contributed by atoms with Gasteiger partial charge in [0.15, 0.2) is 11.5 Å². The molecule has 0 bridgehead atoms. The molecule has 0 saturated carbocycles. The minimum absolute atomic E-state index is 0.0392. The number of aryl methyl sites for hydroxylation is 1. The van der Waals surface area contributed by atoms with Crippen LogP contribution in [0.25, 0.3) is 10.9 Å². The Hall–Kier alpha value is -4.16. The van der Waals surface area contributed by atoms with Crippen molar-refractivity contribution in [2.45, 2.75) is 26.7 Å². The van der Waals surface area contributed by atoms with Crippen molar-refractivity contribution in [1.29, 1.82) is 5.26 Å². The van der Waals surface area contributed by atoms with Crippen LogP contribution in [0.1, 0.15) is 52.5 Å². The predicted molar refractivity (Wildman–Crippen MR) is 115 cm³/mol. The van der Waals surface area contributed by atoms with Gasteiger partial charge in [-0.2, -0.15) is 5.26 Å². The summed E-state index contributed by atoms with van der Waals surface area (Å²) in [5.41, 5.74) is 2.71. The molecule has 0 unspecified atom stereocenters. The normalized spacial score (nSPS) is 10.1. The van der Waals surface area contributed by atoms with Crippen LogP contribution in [0.3, 0.4) is 0 Å². The summed E-state index contributed by atoms with van der Waals surface area (Å²) in [6, 6.07) is 14.8. The molecule has 3 rings (SSSR count). The molecule has 0 aliphatic carbocycles. The van der Waals surface area contributed by atoms with Gasteiger partial charge in [-0.1, -0.05) is 30.0 Å². The number of hydrogen-bond acceptors (Lipinski definition) is 6. The average molecular weight is 412 g/mol. The van der Waals surface area contributed by atoms with Crippen LogP contribution in [0.4, 0.5) is 0 Å². The van der Waals surface area contributed by atoms with Gasteiger partial charge >= 0.3 is 5.97 Å². The molecule has 0 saturated heterocycles. The SMILES string of the molecule is CCOC(=O)CCC(=O)c1nc2cc(C#Cc3cccc(C)c3)ccc2c(C#N)c1O. The van der Waals surface area contributed by atoms with Gasteiger partial charge < -0.3 is 9.84 Å². The summed E-state index contributed by atoms with van der Waals surface area (Å²) in [7, 11) is 0. The molecular weight excluding hydrogens is 392 g/mol. The number of aromatic nitrogens is 1. The van der Waals surface area contributed by atoms with E-state index in [-0.39, 0.29) is 30.7 Å². The fourth-order valence-corrected chi connectivity index (χ4v) is 3.07. The Balaban J connectivity index is 1.98. The maximum absolute atomic E-state index is 12.5. The number of carbonyl (C=O) groups is 2. The van der Waals surface area contributed by atoms with E-state index in [9.17, 15) is 20.0 Å². The van der Waals surface area contributed by atoms with Gasteiger partial charge in [-0.25, -0.2) is 4.98 Å². The monoisotopic (exact) mass is 412 g/mol. The highest BCUT2D eigenvalue weighted by Crippen LogP contribution is 2.30. The number of pyridine rings is 1. The van der Waals surface area contributed by atoms with Gasteiger partial charge in [-0.3, -0.25) is 9.59 Å². The van der Waals surface area contributed by atoms with Gasteiger partial charge in [-0.05, 0) is 43.7 Å². The van der Waals surface area contributed by atoms with Gasteiger partial charge in [0.2, 0.25) is 0 Å². The zero-order valence-electron chi connectivity index (χ0n) is 17.2. The molecule has 3 aromatic rings. The Morgan fingerprint density at radius 1 is 1.10 bits per heavy atom. The first-order valence-corrected chi connectivity index (χ1v) is 9.77. The minimum atomic E-state index is -0.541. The van der Waals surface area contributed by atoms with E-state index in [1.807, 2.05) is 37.3 Å². The molecule has 154 valence electrons. The summed E-state index contributed by atoms with van der Waals surface area (Å²) in [5.74, 6) is 4.60. The van der Waals surface area contributed by atoms with E-state index < -0.39 is 17.5 Å². The van der Waals surface area contributed by atoms with Crippen molar-refractivity contribution in [3.8, 4) is 23.7 Å². The molecule has 6 heteroatoms. The molecule has 1 N–H and O–H groups in total. The third kappa shape index (κ3) is 5.07. The van der Waals surface area contributed by atoms with Crippen molar-refractivity contribution in [1.82, 2.24) is 4.98 Å². The van der Waals surface area contributed by atoms with Crippen LogP contribution >= 0.6 is 0 Å². The second-order valence-electron chi connectivity index (χ2n) is 6.88. The van der Waals surface area contributed by atoms with E-state index in [4.69, 9.17) is 4.74 Å². The van der Waals surface area contributed by atoms with Crippen molar-refractivity contribution in [3.63, 3.8) is 0 Å². The summed E-state index contributed by atoms with van der Waals surface area (Å²) < 4.78 is 4.82. The van der Waals surface area contributed by atoms with E-state index >= 15 is 0 Å². The molecule has 2 aromatic carbocycles. The Bertz CT molecular complexity index is 1280. The number of nitriles is 1. The van der Waals surface area contributed by atoms with Gasteiger partial charge in [0.05, 0.1) is 18.5 Å². The maximum Gasteiger partial charge on any atom is 0.306 e. The van der Waals surface area contributed by atoms with Crippen LogP contribution in [0.15, 0.2) is 42.5 Å². The predicted octanol–water partition coefficient (Wildman–Crippen LogP) is 4.05. The smallest absolute Gasteiger partial charge is 0.306 e. The summed E-state index contributed by atoms with van der Waals surface area (Å²) in [6.07, 6.45) is -0.307. The van der Waals surface area contributed by atoms with Gasteiger partial charge in [0, 0.05) is 22.9 Å². The first kappa shape index (κ1) is 21.5. The van der Waals surface area contributed by atoms with Crippen LogP contribution < -0.4 is 0 Å². The Labute approximate surface area is 180 Å². The lowest BCUT2D eigenvalue weighted by molar-refractivity contribution is -0.143. The van der Waals surface area contributed by atoms with Crippen molar-refractivity contribution in [2.24, 2.45) is 0 Å². The highest BCUT2D eigenvalue weighted by atomic mass is 16.5. The molecular formula is C25H20N2O4. The fourth-order valence-electron chi connectivity index (χ4n) is 3.07. The number of hydrogen-bond donors (Lipinski definition) is 1. The van der Waals surface area contributed by atoms with E-state index in [2.05, 4.69) is 16.8 Å². The second kappa shape index (κ2) is 9.56. The second-order valence-corrected chi connectivity index (χ2v) is 6.88. The zero-order valence-corrected chi connectivity index (χ0v) is 17.2. The molecule has 0 aliphatic rings. The summed E-state index contributed by atoms with van der Waals surface area (Å²) >= 11 is 0. The van der Waals surface area contributed by atoms with Gasteiger partial charge in [0.25, 0.3) is 0 Å². The van der Waals surface area contributed by atoms with Crippen molar-refractivity contribution in [2.75, 3.05) is 6.61 Å². The molecule has 0 atom stereocenters.